The second-order valence-corrected chi connectivity index (χ2v) is 3.80. The minimum absolute atomic E-state index is 0.162. The van der Waals surface area contributed by atoms with E-state index in [1.54, 1.807) is 0 Å². The van der Waals surface area contributed by atoms with E-state index in [0.29, 0.717) is 24.5 Å². The summed E-state index contributed by atoms with van der Waals surface area (Å²) in [6.45, 7) is 0.361. The van der Waals surface area contributed by atoms with Crippen LogP contribution in [-0.2, 0) is 6.42 Å². The van der Waals surface area contributed by atoms with E-state index in [9.17, 15) is 14.9 Å². The average molecular weight is 278 g/mol. The third-order valence-corrected chi connectivity index (χ3v) is 2.51. The molecule has 0 aliphatic rings. The molecule has 2 N–H and O–H groups in total. The molecule has 0 saturated carbocycles. The predicted octanol–water partition coefficient (Wildman–Crippen LogP) is 1.33. The molecule has 0 saturated heterocycles. The molecule has 0 amide bonds. The van der Waals surface area contributed by atoms with Gasteiger partial charge in [-0.15, -0.1) is 0 Å². The number of nitrogens with zero attached hydrogens (tertiary/aromatic N) is 3. The number of hydrogen-bond donors (Lipinski definition) is 2. The maximum Gasteiger partial charge on any atom is 0.338 e. The van der Waals surface area contributed by atoms with E-state index >= 15 is 0 Å². The number of benzene rings is 1. The molecule has 9 nitrogen and oxygen atoms in total. The van der Waals surface area contributed by atoms with Gasteiger partial charge in [-0.2, -0.15) is 4.98 Å². The van der Waals surface area contributed by atoms with Gasteiger partial charge in [-0.1, -0.05) is 5.16 Å². The molecule has 0 radical (unpaired) electrons. The summed E-state index contributed by atoms with van der Waals surface area (Å²) >= 11 is 0. The Labute approximate surface area is 112 Å². The number of anilines is 1. The average Bonchev–Trinajstić information content (AvgIpc) is 2.91. The number of carboxylic acids is 1. The molecule has 0 aliphatic carbocycles. The largest absolute Gasteiger partial charge is 0.478 e. The monoisotopic (exact) mass is 278 g/mol. The van der Waals surface area contributed by atoms with E-state index in [1.165, 1.54) is 18.5 Å². The van der Waals surface area contributed by atoms with Gasteiger partial charge in [0.1, 0.15) is 0 Å². The van der Waals surface area contributed by atoms with Gasteiger partial charge in [0.2, 0.25) is 5.89 Å². The summed E-state index contributed by atoms with van der Waals surface area (Å²) in [5, 5.41) is 26.0. The Balaban J connectivity index is 2.10. The Morgan fingerprint density at radius 1 is 1.50 bits per heavy atom. The van der Waals surface area contributed by atoms with Crippen LogP contribution in [0.2, 0.25) is 0 Å². The summed E-state index contributed by atoms with van der Waals surface area (Å²) in [6.07, 6.45) is 1.68. The first-order chi connectivity index (χ1) is 9.58. The van der Waals surface area contributed by atoms with E-state index in [1.807, 2.05) is 0 Å². The molecule has 1 heterocycles. The number of non-ortho nitro benzene ring substituents is 1. The molecule has 104 valence electrons. The molecular weight excluding hydrogens is 268 g/mol. The van der Waals surface area contributed by atoms with Crippen LogP contribution in [0.3, 0.4) is 0 Å². The lowest BCUT2D eigenvalue weighted by Gasteiger charge is -2.08. The summed E-state index contributed by atoms with van der Waals surface area (Å²) in [6, 6.07) is 3.61. The Kier molecular flexibility index (Phi) is 3.89. The highest BCUT2D eigenvalue weighted by atomic mass is 16.6. The Morgan fingerprint density at radius 2 is 2.30 bits per heavy atom. The van der Waals surface area contributed by atoms with Gasteiger partial charge in [-0.3, -0.25) is 10.1 Å². The van der Waals surface area contributed by atoms with Crippen molar-refractivity contribution in [2.45, 2.75) is 6.42 Å². The second-order valence-electron chi connectivity index (χ2n) is 3.80. The van der Waals surface area contributed by atoms with Crippen molar-refractivity contribution in [2.75, 3.05) is 11.9 Å². The summed E-state index contributed by atoms with van der Waals surface area (Å²) in [5.41, 5.74) is -0.141. The number of carboxylic acid groups (broad SMARTS) is 1. The van der Waals surface area contributed by atoms with Crippen molar-refractivity contribution >= 4 is 17.3 Å². The number of rotatable bonds is 6. The Hall–Kier alpha value is -2.97. The number of carbonyl (C=O) groups is 1. The summed E-state index contributed by atoms with van der Waals surface area (Å²) < 4.78 is 4.79. The van der Waals surface area contributed by atoms with E-state index in [0.717, 1.165) is 6.07 Å². The van der Waals surface area contributed by atoms with Crippen LogP contribution in [0.5, 0.6) is 0 Å². The number of nitro benzene ring substituents is 1. The SMILES string of the molecule is O=C(O)c1cc([N+](=O)[O-])ccc1NCCc1ncno1. The maximum absolute atomic E-state index is 11.1. The van der Waals surface area contributed by atoms with Gasteiger partial charge in [-0.05, 0) is 6.07 Å². The van der Waals surface area contributed by atoms with Gasteiger partial charge in [0.15, 0.2) is 6.33 Å². The lowest BCUT2D eigenvalue weighted by molar-refractivity contribution is -0.384. The van der Waals surface area contributed by atoms with Gasteiger partial charge < -0.3 is 14.9 Å². The van der Waals surface area contributed by atoms with Crippen LogP contribution in [0.25, 0.3) is 0 Å². The van der Waals surface area contributed by atoms with Crippen LogP contribution in [0.15, 0.2) is 29.0 Å². The highest BCUT2D eigenvalue weighted by Crippen LogP contribution is 2.22. The topological polar surface area (TPSA) is 131 Å². The molecule has 0 aliphatic heterocycles. The smallest absolute Gasteiger partial charge is 0.338 e. The standard InChI is InChI=1S/C11H10N4O5/c16-11(17)8-5-7(15(18)19)1-2-9(8)12-4-3-10-13-6-14-20-10/h1-2,5-6,12H,3-4H2,(H,16,17). The van der Waals surface area contributed by atoms with Crippen LogP contribution >= 0.6 is 0 Å². The number of aromatic carboxylic acids is 1. The zero-order chi connectivity index (χ0) is 14.5. The molecule has 2 rings (SSSR count). The maximum atomic E-state index is 11.1. The Morgan fingerprint density at radius 3 is 2.90 bits per heavy atom. The number of aromatic nitrogens is 2. The van der Waals surface area contributed by atoms with Crippen LogP contribution < -0.4 is 5.32 Å². The van der Waals surface area contributed by atoms with Crippen LogP contribution in [0.1, 0.15) is 16.2 Å². The molecule has 0 bridgehead atoms. The molecule has 20 heavy (non-hydrogen) atoms. The lowest BCUT2D eigenvalue weighted by atomic mass is 10.1. The summed E-state index contributed by atoms with van der Waals surface area (Å²) in [4.78, 5) is 24.9. The van der Waals surface area contributed by atoms with Crippen LogP contribution in [-0.4, -0.2) is 32.7 Å². The zero-order valence-electron chi connectivity index (χ0n) is 10.1. The molecule has 0 fully saturated rings. The quantitative estimate of drug-likeness (QED) is 0.597. The van der Waals surface area contributed by atoms with Gasteiger partial charge in [0, 0.05) is 30.8 Å². The third-order valence-electron chi connectivity index (χ3n) is 2.51. The molecule has 9 heteroatoms. The zero-order valence-corrected chi connectivity index (χ0v) is 10.1. The highest BCUT2D eigenvalue weighted by molar-refractivity contribution is 5.95. The number of nitro groups is 1. The van der Waals surface area contributed by atoms with Crippen molar-refractivity contribution in [1.82, 2.24) is 10.1 Å². The molecule has 0 atom stereocenters. The second kappa shape index (κ2) is 5.78. The van der Waals surface area contributed by atoms with Crippen molar-refractivity contribution in [1.29, 1.82) is 0 Å². The molecular formula is C11H10N4O5. The molecule has 0 spiro atoms. The normalized spacial score (nSPS) is 10.2. The lowest BCUT2D eigenvalue weighted by Crippen LogP contribution is -2.10. The van der Waals surface area contributed by atoms with Crippen molar-refractivity contribution in [3.63, 3.8) is 0 Å². The minimum Gasteiger partial charge on any atom is -0.478 e. The van der Waals surface area contributed by atoms with E-state index in [-0.39, 0.29) is 11.3 Å². The Bertz CT molecular complexity index is 626. The van der Waals surface area contributed by atoms with Crippen molar-refractivity contribution in [3.8, 4) is 0 Å². The summed E-state index contributed by atoms with van der Waals surface area (Å²) in [7, 11) is 0. The highest BCUT2D eigenvalue weighted by Gasteiger charge is 2.15. The van der Waals surface area contributed by atoms with Crippen molar-refractivity contribution in [2.24, 2.45) is 0 Å². The van der Waals surface area contributed by atoms with Crippen molar-refractivity contribution in [3.05, 3.63) is 46.1 Å². The minimum atomic E-state index is -1.24. The first-order valence-electron chi connectivity index (χ1n) is 5.59. The van der Waals surface area contributed by atoms with Gasteiger partial charge in [0.25, 0.3) is 5.69 Å². The fraction of sp³-hybridized carbons (Fsp3) is 0.182. The molecule has 1 aromatic heterocycles. The van der Waals surface area contributed by atoms with Gasteiger partial charge >= 0.3 is 5.97 Å². The van der Waals surface area contributed by atoms with Crippen LogP contribution in [0.4, 0.5) is 11.4 Å². The number of hydrogen-bond acceptors (Lipinski definition) is 7. The molecule has 1 aromatic carbocycles. The van der Waals surface area contributed by atoms with E-state index < -0.39 is 10.9 Å². The van der Waals surface area contributed by atoms with Crippen LogP contribution in [0, 0.1) is 10.1 Å². The van der Waals surface area contributed by atoms with E-state index in [2.05, 4.69) is 15.5 Å². The van der Waals surface area contributed by atoms with Gasteiger partial charge in [0.05, 0.1) is 10.5 Å². The fourth-order valence-electron chi connectivity index (χ4n) is 1.59. The fourth-order valence-corrected chi connectivity index (χ4v) is 1.59. The van der Waals surface area contributed by atoms with Gasteiger partial charge in [-0.25, -0.2) is 4.79 Å². The predicted molar refractivity (Wildman–Crippen MR) is 66.5 cm³/mol. The first-order valence-corrected chi connectivity index (χ1v) is 5.59. The van der Waals surface area contributed by atoms with Crippen molar-refractivity contribution < 1.29 is 19.3 Å². The molecule has 0 unspecified atom stereocenters. The first kappa shape index (κ1) is 13.5. The molecule has 2 aromatic rings. The van der Waals surface area contributed by atoms with E-state index in [4.69, 9.17) is 9.63 Å². The number of nitrogens with one attached hydrogen (secondary N) is 1. The third kappa shape index (κ3) is 3.07. The summed E-state index contributed by atoms with van der Waals surface area (Å²) in [5.74, 6) is -0.828.